The van der Waals surface area contributed by atoms with Gasteiger partial charge in [-0.05, 0) is 0 Å². The molecule has 0 aliphatic heterocycles. The third-order valence-corrected chi connectivity index (χ3v) is 0. The zero-order chi connectivity index (χ0) is 2.00. The van der Waals surface area contributed by atoms with Crippen molar-refractivity contribution in [1.82, 2.24) is 0 Å². The van der Waals surface area contributed by atoms with Crippen molar-refractivity contribution in [3.05, 3.63) is 0 Å². The summed E-state index contributed by atoms with van der Waals surface area (Å²) < 4.78 is 8.34. The number of hydrogen-bond acceptors (Lipinski definition) is 1. The van der Waals surface area contributed by atoms with E-state index in [0.29, 0.717) is 22.5 Å². The zero-order valence-corrected chi connectivity index (χ0v) is 10.9. The fraction of sp³-hybridized carbons (Fsp3) is 0. The van der Waals surface area contributed by atoms with Crippen LogP contribution in [0.15, 0.2) is 0 Å². The van der Waals surface area contributed by atoms with Gasteiger partial charge in [0, 0.05) is 21.1 Å². The topological polar surface area (TPSA) is 17.1 Å². The van der Waals surface area contributed by atoms with Gasteiger partial charge in [-0.15, -0.1) is 0 Å². The Hall–Kier alpha value is 3.83. The van der Waals surface area contributed by atoms with Gasteiger partial charge in [-0.1, -0.05) is 0 Å². The molecule has 0 aliphatic rings. The molecule has 0 aliphatic carbocycles. The Morgan fingerprint density at radius 2 is 1.00 bits per heavy atom. The van der Waals surface area contributed by atoms with E-state index in [9.17, 15) is 0 Å². The maximum atomic E-state index is 8.34. The Morgan fingerprint density at radius 3 is 1.00 bits per heavy atom. The van der Waals surface area contributed by atoms with E-state index in [1.165, 1.54) is 0 Å². The molecule has 0 heterocycles. The van der Waals surface area contributed by atoms with Crippen molar-refractivity contribution >= 4 is 98.1 Å². The molecule has 0 fully saturated rings. The van der Waals surface area contributed by atoms with Crippen LogP contribution in [0, 0.1) is 0 Å². The first kappa shape index (κ1) is 32.9. The normalized spacial score (nSPS) is 0.667. The van der Waals surface area contributed by atoms with Crippen molar-refractivity contribution in [2.24, 2.45) is 0 Å². The van der Waals surface area contributed by atoms with Crippen LogP contribution in [0.1, 0.15) is 0 Å². The summed E-state index contributed by atoms with van der Waals surface area (Å²) in [5.74, 6) is 0. The van der Waals surface area contributed by atoms with Crippen LogP contribution in [0.5, 0.6) is 0 Å². The van der Waals surface area contributed by atoms with E-state index in [-0.39, 0.29) is 96.7 Å². The van der Waals surface area contributed by atoms with Crippen LogP contribution in [0.2, 0.25) is 0 Å². The van der Waals surface area contributed by atoms with Gasteiger partial charge >= 0.3 is 101 Å². The molecule has 0 aromatic carbocycles. The van der Waals surface area contributed by atoms with Crippen molar-refractivity contribution in [3.8, 4) is 0 Å². The fourth-order valence-corrected chi connectivity index (χ4v) is 0. The summed E-state index contributed by atoms with van der Waals surface area (Å²) in [6, 6.07) is 0. The monoisotopic (exact) mass is 592 g/mol. The Morgan fingerprint density at radius 1 is 1.00 bits per heavy atom. The van der Waals surface area contributed by atoms with Crippen molar-refractivity contribution < 1.29 is 24.1 Å². The van der Waals surface area contributed by atoms with E-state index in [2.05, 4.69) is 0 Å². The van der Waals surface area contributed by atoms with Gasteiger partial charge in [0.1, 0.15) is 0 Å². The third-order valence-electron chi connectivity index (χ3n) is 0. The Balaban J connectivity index is -0.000000000833. The summed E-state index contributed by atoms with van der Waals surface area (Å²) >= 11 is 0.300. The summed E-state index contributed by atoms with van der Waals surface area (Å²) in [6.45, 7) is 0. The summed E-state index contributed by atoms with van der Waals surface area (Å²) in [4.78, 5) is 0. The first-order valence-corrected chi connectivity index (χ1v) is 1.37. The second kappa shape index (κ2) is 36.9. The van der Waals surface area contributed by atoms with E-state index < -0.39 is 0 Å². The van der Waals surface area contributed by atoms with Gasteiger partial charge in [0.15, 0.2) is 0 Å². The maximum absolute atomic E-state index is 8.34. The average molecular weight is 587 g/mol. The van der Waals surface area contributed by atoms with Gasteiger partial charge in [0.25, 0.3) is 0 Å². The van der Waals surface area contributed by atoms with E-state index in [0.717, 1.165) is 0 Å². The van der Waals surface area contributed by atoms with Gasteiger partial charge in [-0.25, -0.2) is 0 Å². The Labute approximate surface area is 119 Å². The van der Waals surface area contributed by atoms with E-state index in [4.69, 9.17) is 3.08 Å². The number of hydrogen-bond donors (Lipinski definition) is 0. The minimum atomic E-state index is 0. The molecule has 34 valence electrons. The molecule has 0 atom stereocenters. The molecule has 0 unspecified atom stereocenters. The molecule has 0 rings (SSSR count). The summed E-state index contributed by atoms with van der Waals surface area (Å²) in [5, 5.41) is 0. The molecule has 4 radical (unpaired) electrons. The molecular weight excluding hydrogens is 579 g/mol. The summed E-state index contributed by atoms with van der Waals surface area (Å²) in [5.41, 5.74) is 0. The SMILES string of the molecule is [InH3].[InH3].[Mo].[O]=[Sn].[SnH2]. The Kier molecular flexibility index (Phi) is 202. The van der Waals surface area contributed by atoms with Crippen LogP contribution < -0.4 is 0 Å². The third kappa shape index (κ3) is 24.9. The molecule has 0 N–H and O–H groups in total. The summed E-state index contributed by atoms with van der Waals surface area (Å²) in [7, 11) is 0. The molecule has 0 spiro atoms. The predicted molar refractivity (Wildman–Crippen MR) is 34.9 cm³/mol. The molecule has 0 bridgehead atoms. The molecule has 0 amide bonds. The van der Waals surface area contributed by atoms with Gasteiger partial charge in [0.2, 0.25) is 0 Å². The van der Waals surface area contributed by atoms with Gasteiger partial charge in [-0.3, -0.25) is 0 Å². The zero-order valence-electron chi connectivity index (χ0n) is 2.02. The standard InChI is InChI=1S/2In.Mo.O.2Sn.8H. The predicted octanol–water partition coefficient (Wildman–Crippen LogP) is -3.79. The molecule has 6 heavy (non-hydrogen) atoms. The van der Waals surface area contributed by atoms with Gasteiger partial charge in [-0.2, -0.15) is 0 Å². The van der Waals surface area contributed by atoms with E-state index >= 15 is 0 Å². The second-order valence-corrected chi connectivity index (χ2v) is 0. The van der Waals surface area contributed by atoms with Crippen LogP contribution in [-0.4, -0.2) is 98.1 Å². The van der Waals surface area contributed by atoms with E-state index in [1.54, 1.807) is 0 Å². The van der Waals surface area contributed by atoms with Crippen molar-refractivity contribution in [1.29, 1.82) is 0 Å². The van der Waals surface area contributed by atoms with Gasteiger partial charge in [0.05, 0.1) is 0 Å². The first-order chi connectivity index (χ1) is 1.00. The van der Waals surface area contributed by atoms with E-state index in [1.807, 2.05) is 0 Å². The molecule has 0 saturated carbocycles. The van der Waals surface area contributed by atoms with Crippen molar-refractivity contribution in [2.45, 2.75) is 0 Å². The number of rotatable bonds is 0. The Bertz CT molecular complexity index is 11.5. The van der Waals surface area contributed by atoms with Crippen LogP contribution in [0.25, 0.3) is 0 Å². The summed E-state index contributed by atoms with van der Waals surface area (Å²) in [6.07, 6.45) is 0. The van der Waals surface area contributed by atoms with Crippen LogP contribution in [-0.2, 0) is 24.1 Å². The van der Waals surface area contributed by atoms with Crippen LogP contribution >= 0.6 is 0 Å². The fourth-order valence-electron chi connectivity index (χ4n) is 0. The molecule has 0 aromatic rings. The van der Waals surface area contributed by atoms with Crippen molar-refractivity contribution in [2.75, 3.05) is 0 Å². The molecule has 0 aromatic heterocycles. The molecule has 0 saturated heterocycles. The second-order valence-electron chi connectivity index (χ2n) is 0. The molecule has 6 heteroatoms. The first-order valence-electron chi connectivity index (χ1n) is 0.204. The van der Waals surface area contributed by atoms with Gasteiger partial charge < -0.3 is 0 Å². The minimum absolute atomic E-state index is 0. The molecular formula is H8In2MoOSn2. The van der Waals surface area contributed by atoms with Crippen LogP contribution in [0.3, 0.4) is 0 Å². The quantitative estimate of drug-likeness (QED) is 0.267. The van der Waals surface area contributed by atoms with Crippen LogP contribution in [0.4, 0.5) is 0 Å². The van der Waals surface area contributed by atoms with Crippen molar-refractivity contribution in [3.63, 3.8) is 0 Å². The molecule has 1 nitrogen and oxygen atoms in total. The average Bonchev–Trinajstić information content (AvgIpc) is 1.00.